The van der Waals surface area contributed by atoms with Gasteiger partial charge in [0.2, 0.25) is 11.8 Å². The first kappa shape index (κ1) is 23.5. The molecule has 0 saturated heterocycles. The zero-order valence-corrected chi connectivity index (χ0v) is 18.5. The number of nitrogens with two attached hydrogens (primary N) is 1. The normalized spacial score (nSPS) is 12.9. The Labute approximate surface area is 192 Å². The Morgan fingerprint density at radius 1 is 1.21 bits per heavy atom. The number of hydrogen-bond acceptors (Lipinski definition) is 9. The van der Waals surface area contributed by atoms with Crippen LogP contribution >= 0.6 is 7.82 Å². The molecule has 0 aliphatic rings. The summed E-state index contributed by atoms with van der Waals surface area (Å²) < 4.78 is 40.6. The molecule has 4 aromatic rings. The molecule has 176 valence electrons. The van der Waals surface area contributed by atoms with Gasteiger partial charge in [-0.3, -0.25) is 14.8 Å². The van der Waals surface area contributed by atoms with E-state index in [1.807, 2.05) is 6.07 Å². The van der Waals surface area contributed by atoms with E-state index in [2.05, 4.69) is 19.6 Å². The first-order chi connectivity index (χ1) is 16.3. The van der Waals surface area contributed by atoms with Crippen LogP contribution in [0.4, 0.5) is 10.2 Å². The molecule has 0 bridgehead atoms. The summed E-state index contributed by atoms with van der Waals surface area (Å²) in [4.78, 5) is 27.4. The van der Waals surface area contributed by atoms with Crippen LogP contribution in [-0.4, -0.2) is 20.0 Å². The molecule has 4 heterocycles. The van der Waals surface area contributed by atoms with E-state index < -0.39 is 20.5 Å². The van der Waals surface area contributed by atoms with Gasteiger partial charge in [0.25, 0.3) is 13.6 Å². The van der Waals surface area contributed by atoms with Gasteiger partial charge in [0.05, 0.1) is 11.9 Å². The van der Waals surface area contributed by atoms with Crippen LogP contribution in [0.3, 0.4) is 0 Å². The van der Waals surface area contributed by atoms with Crippen molar-refractivity contribution in [2.75, 3.05) is 5.73 Å². The predicted molar refractivity (Wildman–Crippen MR) is 113 cm³/mol. The molecule has 1 unspecified atom stereocenters. The van der Waals surface area contributed by atoms with E-state index in [4.69, 9.17) is 19.9 Å². The highest BCUT2D eigenvalue weighted by atomic mass is 31.2. The Morgan fingerprint density at radius 2 is 2.06 bits per heavy atom. The van der Waals surface area contributed by atoms with Gasteiger partial charge < -0.3 is 19.0 Å². The fourth-order valence-electron chi connectivity index (χ4n) is 3.04. The number of anilines is 1. The zero-order chi connectivity index (χ0) is 24.1. The maximum atomic E-state index is 13.1. The number of nitrogens with zero attached hydrogens (tertiary/aromatic N) is 4. The van der Waals surface area contributed by atoms with Gasteiger partial charge in [-0.1, -0.05) is 11.2 Å². The average molecular weight is 487 g/mol. The molecule has 0 saturated carbocycles. The van der Waals surface area contributed by atoms with Crippen molar-refractivity contribution >= 4 is 13.6 Å². The van der Waals surface area contributed by atoms with Crippen LogP contribution in [0.2, 0.25) is 0 Å². The predicted octanol–water partition coefficient (Wildman–Crippen LogP) is 1.74. The fourth-order valence-corrected chi connectivity index (χ4v) is 3.31. The third-order valence-corrected chi connectivity index (χ3v) is 5.10. The van der Waals surface area contributed by atoms with Gasteiger partial charge in [-0.05, 0) is 35.4 Å². The monoisotopic (exact) mass is 487 g/mol. The summed E-state index contributed by atoms with van der Waals surface area (Å²) in [5, 5.41) is 4.04. The van der Waals surface area contributed by atoms with E-state index in [0.29, 0.717) is 34.9 Å². The maximum Gasteiger partial charge on any atom is 0.285 e. The van der Waals surface area contributed by atoms with Crippen LogP contribution in [-0.2, 0) is 28.8 Å². The van der Waals surface area contributed by atoms with Gasteiger partial charge in [0.15, 0.2) is 12.5 Å². The molecule has 13 heteroatoms. The Morgan fingerprint density at radius 3 is 2.79 bits per heavy atom. The van der Waals surface area contributed by atoms with Gasteiger partial charge in [-0.2, -0.15) is 4.39 Å². The van der Waals surface area contributed by atoms with Crippen LogP contribution in [0.1, 0.15) is 16.8 Å². The van der Waals surface area contributed by atoms with Crippen molar-refractivity contribution in [1.82, 2.24) is 15.1 Å². The Bertz CT molecular complexity index is 1330. The fraction of sp³-hybridized carbons (Fsp3) is 0.143. The molecule has 11 nitrogen and oxygen atoms in total. The second kappa shape index (κ2) is 10.1. The van der Waals surface area contributed by atoms with Crippen molar-refractivity contribution in [1.29, 1.82) is 0 Å². The maximum absolute atomic E-state index is 13.1. The number of halogens is 1. The van der Waals surface area contributed by atoms with E-state index in [9.17, 15) is 13.8 Å². The standard InChI is InChI=1S/C21H19FN5O6P/c22-19-9-15(5-6-24-19)12-31-20-4-3-14(11-25-20)8-16-10-18(33-26-16)17-2-1-7-27(21(17)23)13-32-34(28,29)30/h1-7,9-11,23H,8,12-13H2,(H2,28,29,30). The molecule has 0 radical (unpaired) electrons. The van der Waals surface area contributed by atoms with Crippen LogP contribution in [0, 0.1) is 5.95 Å². The van der Waals surface area contributed by atoms with Crippen molar-refractivity contribution < 1.29 is 37.1 Å². The number of aromatic nitrogens is 4. The lowest BCUT2D eigenvalue weighted by Crippen LogP contribution is -2.38. The molecule has 0 fully saturated rings. The minimum absolute atomic E-state index is 0.159. The molecule has 1 atom stereocenters. The van der Waals surface area contributed by atoms with E-state index in [0.717, 1.165) is 5.56 Å². The third kappa shape index (κ3) is 6.21. The molecular formula is C21H19FN5O6P. The first-order valence-electron chi connectivity index (χ1n) is 9.87. The highest BCUT2D eigenvalue weighted by Gasteiger charge is 2.18. The summed E-state index contributed by atoms with van der Waals surface area (Å²) in [6.45, 7) is -0.333. The quantitative estimate of drug-likeness (QED) is 0.202. The number of nitrogen functional groups attached to an aromatic ring is 1. The summed E-state index contributed by atoms with van der Waals surface area (Å²) in [7, 11) is -4.89. The minimum Gasteiger partial charge on any atom is -0.756 e. The number of hydrogen-bond donors (Lipinski definition) is 2. The molecular weight excluding hydrogens is 468 g/mol. The number of ether oxygens (including phenoxy) is 1. The molecule has 4 rings (SSSR count). The zero-order valence-electron chi connectivity index (χ0n) is 17.6. The van der Waals surface area contributed by atoms with Gasteiger partial charge >= 0.3 is 0 Å². The largest absolute Gasteiger partial charge is 0.756 e. The number of rotatable bonds is 9. The number of pyridine rings is 3. The number of phosphoric acid groups is 1. The molecule has 0 aliphatic carbocycles. The van der Waals surface area contributed by atoms with Crippen LogP contribution < -0.4 is 19.9 Å². The van der Waals surface area contributed by atoms with E-state index in [-0.39, 0.29) is 12.4 Å². The lowest BCUT2D eigenvalue weighted by molar-refractivity contribution is -0.712. The summed E-state index contributed by atoms with van der Waals surface area (Å²) in [5.74, 6) is 0.343. The molecule has 0 amide bonds. The Balaban J connectivity index is 1.40. The lowest BCUT2D eigenvalue weighted by Gasteiger charge is -2.14. The van der Waals surface area contributed by atoms with Crippen molar-refractivity contribution in [3.05, 3.63) is 83.8 Å². The Kier molecular flexibility index (Phi) is 6.94. The summed E-state index contributed by atoms with van der Waals surface area (Å²) in [6, 6.07) is 11.5. The average Bonchev–Trinajstić information content (AvgIpc) is 3.25. The SMILES string of the molecule is Nc1c(-c2cc(Cc3ccc(OCc4ccnc(F)c4)nc3)no2)ccc[n+]1COP(=O)([O-])O. The molecule has 0 aromatic carbocycles. The van der Waals surface area contributed by atoms with E-state index >= 15 is 0 Å². The van der Waals surface area contributed by atoms with Gasteiger partial charge in [-0.15, -0.1) is 0 Å². The second-order valence-corrected chi connectivity index (χ2v) is 8.34. The van der Waals surface area contributed by atoms with Crippen molar-refractivity contribution in [3.63, 3.8) is 0 Å². The molecule has 4 aromatic heterocycles. The highest BCUT2D eigenvalue weighted by molar-refractivity contribution is 7.44. The summed E-state index contributed by atoms with van der Waals surface area (Å²) in [5.41, 5.74) is 8.65. The molecule has 0 spiro atoms. The van der Waals surface area contributed by atoms with Gasteiger partial charge in [0, 0.05) is 30.9 Å². The smallest absolute Gasteiger partial charge is 0.285 e. The van der Waals surface area contributed by atoms with Crippen LogP contribution in [0.5, 0.6) is 5.88 Å². The minimum atomic E-state index is -4.89. The number of phosphoric ester groups is 1. The highest BCUT2D eigenvalue weighted by Crippen LogP contribution is 2.30. The third-order valence-electron chi connectivity index (χ3n) is 4.66. The van der Waals surface area contributed by atoms with E-state index in [1.54, 1.807) is 36.5 Å². The first-order valence-corrected chi connectivity index (χ1v) is 11.4. The molecule has 34 heavy (non-hydrogen) atoms. The topological polar surface area (TPSA) is 161 Å². The lowest BCUT2D eigenvalue weighted by atomic mass is 10.1. The molecule has 0 aliphatic heterocycles. The van der Waals surface area contributed by atoms with Crippen LogP contribution in [0.15, 0.2) is 65.6 Å². The summed E-state index contributed by atoms with van der Waals surface area (Å²) >= 11 is 0. The second-order valence-electron chi connectivity index (χ2n) is 7.14. The Hall–Kier alpha value is -3.70. The van der Waals surface area contributed by atoms with Crippen molar-refractivity contribution in [2.45, 2.75) is 19.8 Å². The summed E-state index contributed by atoms with van der Waals surface area (Å²) in [6.07, 6.45) is 4.92. The molecule has 3 N–H and O–H groups in total. The van der Waals surface area contributed by atoms with Gasteiger partial charge in [-0.25, -0.2) is 14.5 Å². The van der Waals surface area contributed by atoms with Gasteiger partial charge in [0.1, 0.15) is 12.2 Å². The van der Waals surface area contributed by atoms with Crippen LogP contribution in [0.25, 0.3) is 11.3 Å². The van der Waals surface area contributed by atoms with Crippen molar-refractivity contribution in [2.24, 2.45) is 0 Å². The van der Waals surface area contributed by atoms with Crippen molar-refractivity contribution in [3.8, 4) is 17.2 Å². The van der Waals surface area contributed by atoms with E-state index in [1.165, 1.54) is 23.0 Å².